The molecular weight excluding hydrogens is 372 g/mol. The van der Waals surface area contributed by atoms with E-state index in [1.54, 1.807) is 23.1 Å². The Kier molecular flexibility index (Phi) is 5.68. The maximum atomic E-state index is 13.7. The Bertz CT molecular complexity index is 934. The quantitative estimate of drug-likeness (QED) is 0.833. The Hall–Kier alpha value is -3.22. The van der Waals surface area contributed by atoms with Gasteiger partial charge in [-0.1, -0.05) is 13.0 Å². The number of benzene rings is 2. The summed E-state index contributed by atoms with van der Waals surface area (Å²) in [4.78, 5) is 28.7. The molecule has 1 aliphatic rings. The van der Waals surface area contributed by atoms with Gasteiger partial charge in [0, 0.05) is 6.54 Å². The lowest BCUT2D eigenvalue weighted by atomic mass is 9.99. The van der Waals surface area contributed by atoms with Crippen LogP contribution in [-0.2, 0) is 0 Å². The first-order valence-electron chi connectivity index (χ1n) is 9.50. The number of amides is 2. The van der Waals surface area contributed by atoms with Crippen molar-refractivity contribution in [1.29, 1.82) is 0 Å². The lowest BCUT2D eigenvalue weighted by Crippen LogP contribution is -2.52. The molecule has 1 aliphatic heterocycles. The number of rotatable bonds is 4. The van der Waals surface area contributed by atoms with Crippen LogP contribution in [0.15, 0.2) is 30.3 Å². The topological polar surface area (TPSA) is 79.3 Å². The average Bonchev–Trinajstić information content (AvgIpc) is 2.72. The molecular formula is C22H26N2O5. The van der Waals surface area contributed by atoms with Crippen LogP contribution in [0.1, 0.15) is 34.8 Å². The number of carboxylic acid groups (broad SMARTS) is 1. The molecule has 2 amide bonds. The zero-order chi connectivity index (χ0) is 21.3. The summed E-state index contributed by atoms with van der Waals surface area (Å²) < 4.78 is 10.8. The highest BCUT2D eigenvalue weighted by molar-refractivity contribution is 6.13. The molecule has 0 bridgehead atoms. The molecule has 0 saturated heterocycles. The second kappa shape index (κ2) is 8.03. The summed E-state index contributed by atoms with van der Waals surface area (Å²) in [5, 5.41) is 9.84. The van der Waals surface area contributed by atoms with E-state index in [2.05, 4.69) is 0 Å². The Morgan fingerprint density at radius 1 is 1.07 bits per heavy atom. The second-order valence-corrected chi connectivity index (χ2v) is 7.09. The number of methoxy groups -OCH3 is 2. The summed E-state index contributed by atoms with van der Waals surface area (Å²) in [5.74, 6) is 0.536. The number of carbonyl (C=O) groups excluding carboxylic acids is 1. The number of hydrogen-bond donors (Lipinski definition) is 1. The van der Waals surface area contributed by atoms with Crippen LogP contribution in [-0.4, -0.2) is 43.9 Å². The lowest BCUT2D eigenvalue weighted by molar-refractivity contribution is 0.0976. The van der Waals surface area contributed by atoms with E-state index in [4.69, 9.17) is 9.47 Å². The highest BCUT2D eigenvalue weighted by Gasteiger charge is 2.38. The molecule has 0 fully saturated rings. The summed E-state index contributed by atoms with van der Waals surface area (Å²) in [5.41, 5.74) is 3.35. The average molecular weight is 398 g/mol. The van der Waals surface area contributed by atoms with Crippen molar-refractivity contribution < 1.29 is 24.2 Å². The van der Waals surface area contributed by atoms with Gasteiger partial charge in [0.05, 0.1) is 31.6 Å². The highest BCUT2D eigenvalue weighted by atomic mass is 16.5. The maximum Gasteiger partial charge on any atom is 0.412 e. The van der Waals surface area contributed by atoms with Crippen LogP contribution in [0.2, 0.25) is 0 Å². The molecule has 0 spiro atoms. The Labute approximate surface area is 170 Å². The molecule has 2 aromatic rings. The van der Waals surface area contributed by atoms with Gasteiger partial charge in [-0.25, -0.2) is 4.79 Å². The van der Waals surface area contributed by atoms with E-state index in [1.807, 2.05) is 32.9 Å². The molecule has 0 aromatic heterocycles. The third-order valence-electron chi connectivity index (χ3n) is 5.46. The van der Waals surface area contributed by atoms with Crippen LogP contribution in [0.4, 0.5) is 16.2 Å². The molecule has 3 rings (SSSR count). The van der Waals surface area contributed by atoms with E-state index in [9.17, 15) is 14.7 Å². The summed E-state index contributed by atoms with van der Waals surface area (Å²) in [6.45, 7) is 6.04. The Morgan fingerprint density at radius 2 is 1.62 bits per heavy atom. The van der Waals surface area contributed by atoms with Gasteiger partial charge in [0.2, 0.25) is 0 Å². The van der Waals surface area contributed by atoms with Crippen LogP contribution in [0, 0.1) is 13.8 Å². The zero-order valence-corrected chi connectivity index (χ0v) is 17.4. The molecule has 0 aliphatic carbocycles. The van der Waals surface area contributed by atoms with Crippen molar-refractivity contribution in [2.24, 2.45) is 0 Å². The monoisotopic (exact) mass is 398 g/mol. The smallest absolute Gasteiger partial charge is 0.412 e. The normalized spacial score (nSPS) is 15.7. The first kappa shape index (κ1) is 20.5. The highest BCUT2D eigenvalue weighted by Crippen LogP contribution is 2.41. The van der Waals surface area contributed by atoms with Crippen molar-refractivity contribution in [1.82, 2.24) is 0 Å². The Morgan fingerprint density at radius 3 is 2.10 bits per heavy atom. The van der Waals surface area contributed by atoms with E-state index in [0.29, 0.717) is 34.9 Å². The third kappa shape index (κ3) is 3.48. The number of fused-ring (bicyclic) bond motifs is 1. The van der Waals surface area contributed by atoms with Gasteiger partial charge in [0.15, 0.2) is 0 Å². The fourth-order valence-corrected chi connectivity index (χ4v) is 3.74. The largest absolute Gasteiger partial charge is 0.496 e. The van der Waals surface area contributed by atoms with Crippen molar-refractivity contribution >= 4 is 23.4 Å². The minimum atomic E-state index is -1.02. The molecule has 1 N–H and O–H groups in total. The molecule has 0 saturated carbocycles. The summed E-state index contributed by atoms with van der Waals surface area (Å²) in [7, 11) is 3.01. The van der Waals surface area contributed by atoms with Crippen molar-refractivity contribution in [3.05, 3.63) is 47.0 Å². The SMILES string of the molecule is CCC1CN(C(=O)c2c(OC)cccc2OC)c2cc(C)c(C)cc2N1C(=O)O. The van der Waals surface area contributed by atoms with E-state index < -0.39 is 6.09 Å². The van der Waals surface area contributed by atoms with Gasteiger partial charge in [-0.15, -0.1) is 0 Å². The van der Waals surface area contributed by atoms with Gasteiger partial charge in [0.1, 0.15) is 17.1 Å². The molecule has 1 atom stereocenters. The van der Waals surface area contributed by atoms with Crippen LogP contribution < -0.4 is 19.3 Å². The third-order valence-corrected chi connectivity index (χ3v) is 5.46. The van der Waals surface area contributed by atoms with Crippen molar-refractivity contribution in [3.8, 4) is 11.5 Å². The number of anilines is 2. The van der Waals surface area contributed by atoms with Gasteiger partial charge >= 0.3 is 6.09 Å². The van der Waals surface area contributed by atoms with Gasteiger partial charge < -0.3 is 19.5 Å². The molecule has 1 heterocycles. The second-order valence-electron chi connectivity index (χ2n) is 7.09. The first-order chi connectivity index (χ1) is 13.8. The van der Waals surface area contributed by atoms with E-state index in [0.717, 1.165) is 11.1 Å². The van der Waals surface area contributed by atoms with E-state index >= 15 is 0 Å². The minimum Gasteiger partial charge on any atom is -0.496 e. The summed E-state index contributed by atoms with van der Waals surface area (Å²) >= 11 is 0. The van der Waals surface area contributed by atoms with Crippen molar-refractivity contribution in [2.75, 3.05) is 30.6 Å². The molecule has 154 valence electrons. The summed E-state index contributed by atoms with van der Waals surface area (Å²) in [6, 6.07) is 8.52. The maximum absolute atomic E-state index is 13.7. The van der Waals surface area contributed by atoms with Crippen LogP contribution in [0.3, 0.4) is 0 Å². The van der Waals surface area contributed by atoms with Crippen molar-refractivity contribution in [3.63, 3.8) is 0 Å². The van der Waals surface area contributed by atoms with Gasteiger partial charge in [0.25, 0.3) is 5.91 Å². The molecule has 0 radical (unpaired) electrons. The van der Waals surface area contributed by atoms with Crippen molar-refractivity contribution in [2.45, 2.75) is 33.2 Å². The molecule has 7 heteroatoms. The number of nitrogens with zero attached hydrogens (tertiary/aromatic N) is 2. The lowest BCUT2D eigenvalue weighted by Gasteiger charge is -2.41. The van der Waals surface area contributed by atoms with E-state index in [-0.39, 0.29) is 18.5 Å². The zero-order valence-electron chi connectivity index (χ0n) is 17.4. The standard InChI is InChI=1S/C22H26N2O5/c1-6-15-12-23(21(25)20-18(28-4)8-7-9-19(20)29-5)16-10-13(2)14(3)11-17(16)24(15)22(26)27/h7-11,15H,6,12H2,1-5H3,(H,26,27). The van der Waals surface area contributed by atoms with Gasteiger partial charge in [-0.05, 0) is 55.7 Å². The van der Waals surface area contributed by atoms with Crippen LogP contribution in [0.25, 0.3) is 0 Å². The van der Waals surface area contributed by atoms with Gasteiger partial charge in [-0.2, -0.15) is 0 Å². The number of aryl methyl sites for hydroxylation is 2. The number of carbonyl (C=O) groups is 2. The number of hydrogen-bond acceptors (Lipinski definition) is 4. The molecule has 29 heavy (non-hydrogen) atoms. The minimum absolute atomic E-state index is 0.248. The summed E-state index contributed by atoms with van der Waals surface area (Å²) in [6.07, 6.45) is -0.450. The van der Waals surface area contributed by atoms with Crippen LogP contribution >= 0.6 is 0 Å². The predicted octanol–water partition coefficient (Wildman–Crippen LogP) is 4.24. The first-order valence-corrected chi connectivity index (χ1v) is 9.50. The Balaban J connectivity index is 2.21. The fraction of sp³-hybridized carbons (Fsp3) is 0.364. The van der Waals surface area contributed by atoms with Crippen LogP contribution in [0.5, 0.6) is 11.5 Å². The molecule has 2 aromatic carbocycles. The predicted molar refractivity (Wildman–Crippen MR) is 112 cm³/mol. The fourth-order valence-electron chi connectivity index (χ4n) is 3.74. The van der Waals surface area contributed by atoms with E-state index in [1.165, 1.54) is 19.1 Å². The molecule has 1 unspecified atom stereocenters. The van der Waals surface area contributed by atoms with Gasteiger partial charge in [-0.3, -0.25) is 9.69 Å². The number of ether oxygens (including phenoxy) is 2. The molecule has 7 nitrogen and oxygen atoms in total.